The largest absolute Gasteiger partial charge is 0.335 e. The van der Waals surface area contributed by atoms with Crippen LogP contribution < -0.4 is 10.6 Å². The summed E-state index contributed by atoms with van der Waals surface area (Å²) in [7, 11) is 0. The Hall–Kier alpha value is -4.13. The van der Waals surface area contributed by atoms with Crippen molar-refractivity contribution >= 4 is 29.2 Å². The maximum Gasteiger partial charge on any atom is 0.321 e. The average Bonchev–Trinajstić information content (AvgIpc) is 2.85. The predicted octanol–water partition coefficient (Wildman–Crippen LogP) is 3.93. The SMILES string of the molecule is O=C(Nc1ccccc1)c1ccc(NC(=O)N2CCN(C(=O)c3ccccc3)CC2)cc1. The first-order valence-electron chi connectivity index (χ1n) is 10.5. The van der Waals surface area contributed by atoms with Gasteiger partial charge in [-0.05, 0) is 48.5 Å². The van der Waals surface area contributed by atoms with Crippen molar-refractivity contribution in [1.82, 2.24) is 9.80 Å². The van der Waals surface area contributed by atoms with E-state index in [0.717, 1.165) is 5.69 Å². The smallest absolute Gasteiger partial charge is 0.321 e. The highest BCUT2D eigenvalue weighted by atomic mass is 16.2. The number of nitrogens with zero attached hydrogens (tertiary/aromatic N) is 2. The molecule has 32 heavy (non-hydrogen) atoms. The van der Waals surface area contributed by atoms with Crippen molar-refractivity contribution in [3.63, 3.8) is 0 Å². The molecule has 3 aromatic carbocycles. The molecule has 1 aliphatic heterocycles. The van der Waals surface area contributed by atoms with Crippen LogP contribution in [0.2, 0.25) is 0 Å². The number of hydrogen-bond donors (Lipinski definition) is 2. The molecule has 0 bridgehead atoms. The Morgan fingerprint density at radius 3 is 1.72 bits per heavy atom. The van der Waals surface area contributed by atoms with Crippen LogP contribution in [-0.4, -0.2) is 53.8 Å². The minimum Gasteiger partial charge on any atom is -0.335 e. The number of rotatable bonds is 4. The van der Waals surface area contributed by atoms with E-state index in [4.69, 9.17) is 0 Å². The highest BCUT2D eigenvalue weighted by Crippen LogP contribution is 2.14. The monoisotopic (exact) mass is 428 g/mol. The topological polar surface area (TPSA) is 81.8 Å². The number of carbonyl (C=O) groups excluding carboxylic acids is 3. The summed E-state index contributed by atoms with van der Waals surface area (Å²) in [5.41, 5.74) is 2.48. The van der Waals surface area contributed by atoms with E-state index >= 15 is 0 Å². The van der Waals surface area contributed by atoms with Gasteiger partial charge in [-0.15, -0.1) is 0 Å². The molecular weight excluding hydrogens is 404 g/mol. The third-order valence-corrected chi connectivity index (χ3v) is 5.30. The number of nitrogens with one attached hydrogen (secondary N) is 2. The van der Waals surface area contributed by atoms with Crippen LogP contribution in [0.1, 0.15) is 20.7 Å². The van der Waals surface area contributed by atoms with Crippen LogP contribution in [0.3, 0.4) is 0 Å². The highest BCUT2D eigenvalue weighted by molar-refractivity contribution is 6.04. The van der Waals surface area contributed by atoms with Gasteiger partial charge in [-0.25, -0.2) is 4.79 Å². The van der Waals surface area contributed by atoms with Crippen LogP contribution in [-0.2, 0) is 0 Å². The maximum atomic E-state index is 12.6. The number of hydrogen-bond acceptors (Lipinski definition) is 3. The van der Waals surface area contributed by atoms with Crippen LogP contribution in [0.5, 0.6) is 0 Å². The van der Waals surface area contributed by atoms with Crippen LogP contribution in [0.25, 0.3) is 0 Å². The first kappa shape index (κ1) is 21.1. The average molecular weight is 428 g/mol. The molecule has 0 spiro atoms. The number of piperazine rings is 1. The Kier molecular flexibility index (Phi) is 6.46. The second kappa shape index (κ2) is 9.78. The Morgan fingerprint density at radius 2 is 1.09 bits per heavy atom. The predicted molar refractivity (Wildman–Crippen MR) is 124 cm³/mol. The Morgan fingerprint density at radius 1 is 0.562 bits per heavy atom. The molecule has 4 amide bonds. The van der Waals surface area contributed by atoms with E-state index in [0.29, 0.717) is 43.0 Å². The molecule has 1 aliphatic rings. The van der Waals surface area contributed by atoms with Crippen LogP contribution in [0, 0.1) is 0 Å². The van der Waals surface area contributed by atoms with Gasteiger partial charge in [0.05, 0.1) is 0 Å². The quantitative estimate of drug-likeness (QED) is 0.661. The second-order valence-electron chi connectivity index (χ2n) is 7.47. The van der Waals surface area contributed by atoms with Crippen molar-refractivity contribution in [3.8, 4) is 0 Å². The molecule has 0 aromatic heterocycles. The third kappa shape index (κ3) is 5.13. The third-order valence-electron chi connectivity index (χ3n) is 5.30. The van der Waals surface area contributed by atoms with Gasteiger partial charge in [0.1, 0.15) is 0 Å². The minimum atomic E-state index is -0.224. The molecule has 7 nitrogen and oxygen atoms in total. The van der Waals surface area contributed by atoms with Crippen molar-refractivity contribution in [2.24, 2.45) is 0 Å². The van der Waals surface area contributed by atoms with Gasteiger partial charge in [0.15, 0.2) is 0 Å². The number of carbonyl (C=O) groups is 3. The van der Waals surface area contributed by atoms with Crippen molar-refractivity contribution in [2.75, 3.05) is 36.8 Å². The first-order chi connectivity index (χ1) is 15.6. The molecule has 0 radical (unpaired) electrons. The minimum absolute atomic E-state index is 0.0185. The molecule has 1 heterocycles. The van der Waals surface area contributed by atoms with Crippen LogP contribution in [0.4, 0.5) is 16.2 Å². The molecule has 162 valence electrons. The number of urea groups is 1. The molecule has 1 fully saturated rings. The number of amides is 4. The summed E-state index contributed by atoms with van der Waals surface area (Å²) in [6.45, 7) is 1.89. The van der Waals surface area contributed by atoms with Gasteiger partial charge < -0.3 is 20.4 Å². The fourth-order valence-electron chi connectivity index (χ4n) is 3.51. The molecule has 0 atom stereocenters. The summed E-state index contributed by atoms with van der Waals surface area (Å²) >= 11 is 0. The summed E-state index contributed by atoms with van der Waals surface area (Å²) in [6, 6.07) is 24.9. The lowest BCUT2D eigenvalue weighted by Crippen LogP contribution is -2.51. The molecule has 7 heteroatoms. The Balaban J connectivity index is 1.28. The van der Waals surface area contributed by atoms with Crippen LogP contribution in [0.15, 0.2) is 84.9 Å². The number of para-hydroxylation sites is 1. The summed E-state index contributed by atoms with van der Waals surface area (Å²) in [5.74, 6) is -0.233. The summed E-state index contributed by atoms with van der Waals surface area (Å²) in [6.07, 6.45) is 0. The lowest BCUT2D eigenvalue weighted by Gasteiger charge is -2.34. The maximum absolute atomic E-state index is 12.6. The second-order valence-corrected chi connectivity index (χ2v) is 7.47. The lowest BCUT2D eigenvalue weighted by atomic mass is 10.2. The van der Waals surface area contributed by atoms with Crippen molar-refractivity contribution in [3.05, 3.63) is 96.1 Å². The van der Waals surface area contributed by atoms with Crippen molar-refractivity contribution < 1.29 is 14.4 Å². The molecule has 1 saturated heterocycles. The molecule has 3 aromatic rings. The summed E-state index contributed by atoms with van der Waals surface area (Å²) in [4.78, 5) is 40.9. The zero-order valence-electron chi connectivity index (χ0n) is 17.5. The van der Waals surface area contributed by atoms with Gasteiger partial charge in [0.25, 0.3) is 11.8 Å². The van der Waals surface area contributed by atoms with E-state index in [1.807, 2.05) is 48.5 Å². The standard InChI is InChI=1S/C25H24N4O3/c30-23(26-21-9-5-2-6-10-21)19-11-13-22(14-12-19)27-25(32)29-17-15-28(16-18-29)24(31)20-7-3-1-4-8-20/h1-14H,15-18H2,(H,26,30)(H,27,32). The first-order valence-corrected chi connectivity index (χ1v) is 10.5. The van der Waals surface area contributed by atoms with Gasteiger partial charge in [0.2, 0.25) is 0 Å². The zero-order valence-corrected chi connectivity index (χ0v) is 17.5. The molecule has 0 saturated carbocycles. The van der Waals surface area contributed by atoms with Gasteiger partial charge in [-0.1, -0.05) is 36.4 Å². The summed E-state index contributed by atoms with van der Waals surface area (Å²) < 4.78 is 0. The van der Waals surface area contributed by atoms with E-state index in [9.17, 15) is 14.4 Å². The van der Waals surface area contributed by atoms with Crippen molar-refractivity contribution in [1.29, 1.82) is 0 Å². The fourth-order valence-corrected chi connectivity index (χ4v) is 3.51. The normalized spacial score (nSPS) is 13.4. The van der Waals surface area contributed by atoms with E-state index < -0.39 is 0 Å². The van der Waals surface area contributed by atoms with Gasteiger partial charge in [-0.2, -0.15) is 0 Å². The lowest BCUT2D eigenvalue weighted by molar-refractivity contribution is 0.0671. The van der Waals surface area contributed by atoms with Gasteiger partial charge in [0, 0.05) is 48.7 Å². The van der Waals surface area contributed by atoms with Crippen LogP contribution >= 0.6 is 0 Å². The molecule has 4 rings (SSSR count). The molecule has 2 N–H and O–H groups in total. The summed E-state index contributed by atoms with van der Waals surface area (Å²) in [5, 5.41) is 5.68. The number of anilines is 2. The Labute approximate surface area is 186 Å². The van der Waals surface area contributed by atoms with Gasteiger partial charge >= 0.3 is 6.03 Å². The van der Waals surface area contributed by atoms with E-state index in [1.54, 1.807) is 46.2 Å². The molecular formula is C25H24N4O3. The van der Waals surface area contributed by atoms with Gasteiger partial charge in [-0.3, -0.25) is 9.59 Å². The van der Waals surface area contributed by atoms with E-state index in [-0.39, 0.29) is 17.8 Å². The van der Waals surface area contributed by atoms with E-state index in [1.165, 1.54) is 0 Å². The van der Waals surface area contributed by atoms with Crippen molar-refractivity contribution in [2.45, 2.75) is 0 Å². The zero-order chi connectivity index (χ0) is 22.3. The van der Waals surface area contributed by atoms with E-state index in [2.05, 4.69) is 10.6 Å². The number of benzene rings is 3. The molecule has 0 aliphatic carbocycles. The highest BCUT2D eigenvalue weighted by Gasteiger charge is 2.24. The molecule has 0 unspecified atom stereocenters. The Bertz CT molecular complexity index is 1080. The fraction of sp³-hybridized carbons (Fsp3) is 0.160.